The summed E-state index contributed by atoms with van der Waals surface area (Å²) in [5, 5.41) is 4.21. The van der Waals surface area contributed by atoms with E-state index in [0.717, 1.165) is 15.9 Å². The van der Waals surface area contributed by atoms with Gasteiger partial charge in [-0.15, -0.1) is 0 Å². The second-order valence-electron chi connectivity index (χ2n) is 4.48. The van der Waals surface area contributed by atoms with Gasteiger partial charge in [-0.05, 0) is 35.0 Å². The van der Waals surface area contributed by atoms with Crippen LogP contribution < -0.4 is 4.74 Å². The molecule has 2 aromatic rings. The molecule has 0 fully saturated rings. The van der Waals surface area contributed by atoms with E-state index in [1.807, 2.05) is 6.92 Å². The van der Waals surface area contributed by atoms with Gasteiger partial charge in [0, 0.05) is 12.6 Å². The van der Waals surface area contributed by atoms with Crippen LogP contribution in [0.1, 0.15) is 21.7 Å². The molecule has 0 aliphatic carbocycles. The molecule has 0 bridgehead atoms. The average Bonchev–Trinajstić information content (AvgIpc) is 2.65. The highest BCUT2D eigenvalue weighted by Gasteiger charge is 2.16. The lowest BCUT2D eigenvalue weighted by atomic mass is 10.1. The molecule has 4 nitrogen and oxygen atoms in total. The summed E-state index contributed by atoms with van der Waals surface area (Å²) >= 11 is 3.39. The van der Waals surface area contributed by atoms with Gasteiger partial charge in [-0.3, -0.25) is 9.48 Å². The number of aryl methyl sites for hydroxylation is 2. The van der Waals surface area contributed by atoms with Crippen molar-refractivity contribution in [1.82, 2.24) is 9.78 Å². The van der Waals surface area contributed by atoms with Crippen LogP contribution in [0, 0.1) is 6.92 Å². The predicted octanol–water partition coefficient (Wildman–Crippen LogP) is 3.52. The van der Waals surface area contributed by atoms with Crippen molar-refractivity contribution in [2.24, 2.45) is 7.05 Å². The molecule has 0 saturated carbocycles. The Morgan fingerprint density at radius 3 is 2.76 bits per heavy atom. The molecule has 0 atom stereocenters. The number of hydrogen-bond donors (Lipinski definition) is 0. The Labute approximate surface area is 128 Å². The quantitative estimate of drug-likeness (QED) is 0.768. The Hall–Kier alpha value is -1.76. The maximum atomic E-state index is 12.3. The summed E-state index contributed by atoms with van der Waals surface area (Å²) in [5.41, 5.74) is 1.84. The predicted molar refractivity (Wildman–Crippen MR) is 76.8 cm³/mol. The van der Waals surface area contributed by atoms with Crippen LogP contribution in [0.3, 0.4) is 0 Å². The zero-order valence-electron chi connectivity index (χ0n) is 11.4. The smallest absolute Gasteiger partial charge is 0.387 e. The van der Waals surface area contributed by atoms with Gasteiger partial charge in [-0.25, -0.2) is 0 Å². The molecule has 0 N–H and O–H groups in total. The Bertz CT molecular complexity index is 671. The minimum atomic E-state index is -2.91. The Balaban J connectivity index is 2.20. The zero-order chi connectivity index (χ0) is 15.6. The van der Waals surface area contributed by atoms with Gasteiger partial charge in [0.25, 0.3) is 0 Å². The molecule has 1 aromatic heterocycles. The Morgan fingerprint density at radius 2 is 2.19 bits per heavy atom. The number of rotatable bonds is 5. The molecule has 0 amide bonds. The van der Waals surface area contributed by atoms with Gasteiger partial charge < -0.3 is 4.74 Å². The summed E-state index contributed by atoms with van der Waals surface area (Å²) in [7, 11) is 1.75. The third kappa shape index (κ3) is 3.66. The van der Waals surface area contributed by atoms with Crippen LogP contribution in [0.2, 0.25) is 0 Å². The van der Waals surface area contributed by atoms with E-state index in [0.29, 0.717) is 5.56 Å². The van der Waals surface area contributed by atoms with Crippen LogP contribution in [-0.2, 0) is 13.5 Å². The van der Waals surface area contributed by atoms with Gasteiger partial charge in [-0.2, -0.15) is 13.9 Å². The van der Waals surface area contributed by atoms with E-state index in [-0.39, 0.29) is 18.0 Å². The number of carbonyl (C=O) groups excluding carboxylic acids is 1. The van der Waals surface area contributed by atoms with Crippen molar-refractivity contribution in [2.75, 3.05) is 0 Å². The Kier molecular flexibility index (Phi) is 4.72. The number of aromatic nitrogens is 2. The van der Waals surface area contributed by atoms with Crippen LogP contribution in [0.5, 0.6) is 5.75 Å². The first-order valence-corrected chi connectivity index (χ1v) is 6.94. The van der Waals surface area contributed by atoms with Crippen LogP contribution in [0.4, 0.5) is 8.78 Å². The highest BCUT2D eigenvalue weighted by molar-refractivity contribution is 9.10. The molecule has 112 valence electrons. The summed E-state index contributed by atoms with van der Waals surface area (Å²) < 4.78 is 31.1. The highest BCUT2D eigenvalue weighted by Crippen LogP contribution is 2.23. The molecule has 0 aliphatic rings. The van der Waals surface area contributed by atoms with E-state index in [1.54, 1.807) is 17.8 Å². The summed E-state index contributed by atoms with van der Waals surface area (Å²) in [6.45, 7) is -1.08. The number of benzene rings is 1. The number of hydrogen-bond acceptors (Lipinski definition) is 3. The molecule has 0 unspecified atom stereocenters. The Morgan fingerprint density at radius 1 is 1.48 bits per heavy atom. The lowest BCUT2D eigenvalue weighted by Gasteiger charge is -2.07. The standard InChI is InChI=1S/C14H13BrF2N2O2/c1-8-13(15)11(19(2)18-8)7-12(20)9-4-3-5-10(6-9)21-14(16)17/h3-6,14H,7H2,1-2H3. The lowest BCUT2D eigenvalue weighted by Crippen LogP contribution is -2.09. The van der Waals surface area contributed by atoms with Crippen LogP contribution in [-0.4, -0.2) is 22.2 Å². The first-order valence-electron chi connectivity index (χ1n) is 6.14. The minimum absolute atomic E-state index is 0.0314. The molecule has 1 heterocycles. The number of carbonyl (C=O) groups is 1. The fourth-order valence-corrected chi connectivity index (χ4v) is 2.45. The normalized spacial score (nSPS) is 11.0. The van der Waals surface area contributed by atoms with Gasteiger partial charge >= 0.3 is 6.61 Å². The van der Waals surface area contributed by atoms with Crippen molar-refractivity contribution in [1.29, 1.82) is 0 Å². The maximum Gasteiger partial charge on any atom is 0.387 e. The average molecular weight is 359 g/mol. The number of ketones is 1. The molecule has 1 aromatic carbocycles. The van der Waals surface area contributed by atoms with Crippen LogP contribution in [0.25, 0.3) is 0 Å². The fraction of sp³-hybridized carbons (Fsp3) is 0.286. The number of Topliss-reactive ketones (excluding diaryl/α,β-unsaturated/α-hetero) is 1. The van der Waals surface area contributed by atoms with E-state index < -0.39 is 6.61 Å². The zero-order valence-corrected chi connectivity index (χ0v) is 13.0. The van der Waals surface area contributed by atoms with E-state index in [4.69, 9.17) is 0 Å². The SMILES string of the molecule is Cc1nn(C)c(CC(=O)c2cccc(OC(F)F)c2)c1Br. The van der Waals surface area contributed by atoms with E-state index in [1.165, 1.54) is 18.2 Å². The number of halogens is 3. The highest BCUT2D eigenvalue weighted by atomic mass is 79.9. The van der Waals surface area contributed by atoms with Crippen molar-refractivity contribution >= 4 is 21.7 Å². The van der Waals surface area contributed by atoms with Gasteiger partial charge in [0.2, 0.25) is 0 Å². The van der Waals surface area contributed by atoms with E-state index >= 15 is 0 Å². The fourth-order valence-electron chi connectivity index (χ4n) is 1.97. The maximum absolute atomic E-state index is 12.3. The lowest BCUT2D eigenvalue weighted by molar-refractivity contribution is -0.0498. The first kappa shape index (κ1) is 15.6. The van der Waals surface area contributed by atoms with Gasteiger partial charge in [0.05, 0.1) is 22.3 Å². The van der Waals surface area contributed by atoms with E-state index in [9.17, 15) is 13.6 Å². The molecule has 7 heteroatoms. The first-order chi connectivity index (χ1) is 9.88. The van der Waals surface area contributed by atoms with Crippen molar-refractivity contribution in [3.63, 3.8) is 0 Å². The summed E-state index contributed by atoms with van der Waals surface area (Å²) in [6.07, 6.45) is 0.121. The molecule has 2 rings (SSSR count). The number of nitrogens with zero attached hydrogens (tertiary/aromatic N) is 2. The van der Waals surface area contributed by atoms with Crippen LogP contribution in [0.15, 0.2) is 28.7 Å². The topological polar surface area (TPSA) is 44.1 Å². The molecule has 0 saturated heterocycles. The largest absolute Gasteiger partial charge is 0.435 e. The minimum Gasteiger partial charge on any atom is -0.435 e. The van der Waals surface area contributed by atoms with Crippen molar-refractivity contribution < 1.29 is 18.3 Å². The monoisotopic (exact) mass is 358 g/mol. The third-order valence-corrected chi connectivity index (χ3v) is 4.00. The summed E-state index contributed by atoms with van der Waals surface area (Å²) in [5.74, 6) is -0.227. The second kappa shape index (κ2) is 6.34. The summed E-state index contributed by atoms with van der Waals surface area (Å²) in [4.78, 5) is 12.3. The molecule has 0 spiro atoms. The van der Waals surface area contributed by atoms with Crippen molar-refractivity contribution in [3.8, 4) is 5.75 Å². The van der Waals surface area contributed by atoms with Gasteiger partial charge in [0.15, 0.2) is 5.78 Å². The third-order valence-electron chi connectivity index (χ3n) is 2.97. The molecular weight excluding hydrogens is 346 g/mol. The van der Waals surface area contributed by atoms with Gasteiger partial charge in [0.1, 0.15) is 5.75 Å². The van der Waals surface area contributed by atoms with Gasteiger partial charge in [-0.1, -0.05) is 12.1 Å². The van der Waals surface area contributed by atoms with E-state index in [2.05, 4.69) is 25.8 Å². The van der Waals surface area contributed by atoms with Crippen molar-refractivity contribution in [2.45, 2.75) is 20.0 Å². The molecule has 0 aliphatic heterocycles. The second-order valence-corrected chi connectivity index (χ2v) is 5.27. The molecular formula is C14H13BrF2N2O2. The van der Waals surface area contributed by atoms with Crippen LogP contribution >= 0.6 is 15.9 Å². The number of alkyl halides is 2. The molecule has 21 heavy (non-hydrogen) atoms. The molecule has 0 radical (unpaired) electrons. The summed E-state index contributed by atoms with van der Waals surface area (Å²) in [6, 6.07) is 5.77. The van der Waals surface area contributed by atoms with Crippen molar-refractivity contribution in [3.05, 3.63) is 45.7 Å². The number of ether oxygens (including phenoxy) is 1.